The van der Waals surface area contributed by atoms with Gasteiger partial charge in [-0.15, -0.1) is 0 Å². The Morgan fingerprint density at radius 1 is 1.14 bits per heavy atom. The van der Waals surface area contributed by atoms with Crippen molar-refractivity contribution in [1.29, 1.82) is 0 Å². The molecule has 0 saturated carbocycles. The largest absolute Gasteiger partial charge is 0.464 e. The predicted octanol–water partition coefficient (Wildman–Crippen LogP) is 3.83. The van der Waals surface area contributed by atoms with Crippen molar-refractivity contribution >= 4 is 12.1 Å². The van der Waals surface area contributed by atoms with Crippen molar-refractivity contribution in [2.75, 3.05) is 13.2 Å². The van der Waals surface area contributed by atoms with Crippen LogP contribution in [0.1, 0.15) is 59.3 Å². The minimum absolute atomic E-state index is 0.0103. The number of esters is 1. The van der Waals surface area contributed by atoms with Crippen LogP contribution in [0.5, 0.6) is 0 Å². The molecule has 1 unspecified atom stereocenters. The Bertz CT molecular complexity index is 331. The highest BCUT2D eigenvalue weighted by atomic mass is 16.6. The van der Waals surface area contributed by atoms with Crippen molar-refractivity contribution in [3.63, 3.8) is 0 Å². The summed E-state index contributed by atoms with van der Waals surface area (Å²) in [6.45, 7) is 10.0. The van der Waals surface area contributed by atoms with Crippen LogP contribution < -0.4 is 5.32 Å². The molecule has 5 heteroatoms. The number of hydrogen-bond acceptors (Lipinski definition) is 4. The maximum atomic E-state index is 12.1. The normalized spacial score (nSPS) is 13.0. The molecule has 1 N–H and O–H groups in total. The monoisotopic (exact) mass is 313 g/mol. The lowest BCUT2D eigenvalue weighted by molar-refractivity contribution is -0.147. The number of carbonyl (C=O) groups is 2. The van der Waals surface area contributed by atoms with Crippen LogP contribution >= 0.6 is 0 Å². The van der Waals surface area contributed by atoms with Crippen LogP contribution in [-0.4, -0.2) is 31.3 Å². The summed E-state index contributed by atoms with van der Waals surface area (Å²) in [4.78, 5) is 23.7. The van der Waals surface area contributed by atoms with Crippen molar-refractivity contribution in [2.24, 2.45) is 5.92 Å². The summed E-state index contributed by atoms with van der Waals surface area (Å²) in [7, 11) is 0. The Morgan fingerprint density at radius 2 is 1.82 bits per heavy atom. The van der Waals surface area contributed by atoms with Crippen molar-refractivity contribution < 1.29 is 19.1 Å². The number of rotatable bonds is 12. The lowest BCUT2D eigenvalue weighted by atomic mass is 9.99. The average Bonchev–Trinajstić information content (AvgIpc) is 2.52. The van der Waals surface area contributed by atoms with E-state index in [9.17, 15) is 9.59 Å². The lowest BCUT2D eigenvalue weighted by Gasteiger charge is -2.22. The van der Waals surface area contributed by atoms with E-state index in [0.717, 1.165) is 25.7 Å². The van der Waals surface area contributed by atoms with E-state index in [-0.39, 0.29) is 18.5 Å². The van der Waals surface area contributed by atoms with Crippen LogP contribution in [0.15, 0.2) is 12.7 Å². The highest BCUT2D eigenvalue weighted by molar-refractivity contribution is 5.81. The summed E-state index contributed by atoms with van der Waals surface area (Å²) in [6, 6.07) is -0.669. The first kappa shape index (κ1) is 20.5. The van der Waals surface area contributed by atoms with Crippen molar-refractivity contribution in [2.45, 2.75) is 65.3 Å². The van der Waals surface area contributed by atoms with Crippen molar-refractivity contribution in [1.82, 2.24) is 5.32 Å². The Morgan fingerprint density at radius 3 is 2.41 bits per heavy atom. The summed E-state index contributed by atoms with van der Waals surface area (Å²) in [5, 5.41) is 2.58. The molecule has 0 heterocycles. The van der Waals surface area contributed by atoms with Crippen LogP contribution in [-0.2, 0) is 14.3 Å². The van der Waals surface area contributed by atoms with E-state index < -0.39 is 12.1 Å². The number of unbranched alkanes of at least 4 members (excludes halogenated alkanes) is 4. The topological polar surface area (TPSA) is 64.6 Å². The first-order chi connectivity index (χ1) is 10.6. The number of nitrogens with one attached hydrogen (secondary N) is 1. The minimum atomic E-state index is -0.669. The predicted molar refractivity (Wildman–Crippen MR) is 87.6 cm³/mol. The first-order valence-corrected chi connectivity index (χ1v) is 8.27. The fourth-order valence-electron chi connectivity index (χ4n) is 1.94. The van der Waals surface area contributed by atoms with Gasteiger partial charge in [-0.25, -0.2) is 9.59 Å². The Balaban J connectivity index is 4.22. The van der Waals surface area contributed by atoms with E-state index in [1.807, 2.05) is 13.8 Å². The van der Waals surface area contributed by atoms with Gasteiger partial charge in [-0.1, -0.05) is 65.5 Å². The maximum absolute atomic E-state index is 12.1. The Kier molecular flexibility index (Phi) is 12.3. The molecular weight excluding hydrogens is 282 g/mol. The van der Waals surface area contributed by atoms with Crippen molar-refractivity contribution in [3.8, 4) is 0 Å². The molecule has 0 fully saturated rings. The molecule has 0 rings (SSSR count). The summed E-state index contributed by atoms with van der Waals surface area (Å²) in [5.74, 6) is -0.399. The maximum Gasteiger partial charge on any atom is 0.408 e. The Hall–Kier alpha value is -1.52. The zero-order valence-electron chi connectivity index (χ0n) is 14.2. The summed E-state index contributed by atoms with van der Waals surface area (Å²) in [6.07, 6.45) is 7.10. The molecule has 0 bridgehead atoms. The van der Waals surface area contributed by atoms with Gasteiger partial charge in [-0.05, 0) is 12.3 Å². The van der Waals surface area contributed by atoms with E-state index >= 15 is 0 Å². The first-order valence-electron chi connectivity index (χ1n) is 8.27. The van der Waals surface area contributed by atoms with Gasteiger partial charge >= 0.3 is 12.1 Å². The molecule has 0 aromatic carbocycles. The second-order valence-corrected chi connectivity index (χ2v) is 5.48. The molecule has 0 spiro atoms. The molecule has 0 aromatic heterocycles. The fourth-order valence-corrected chi connectivity index (χ4v) is 1.94. The SMILES string of the molecule is C=CCOC(=O)N[C@H](C(=O)OCCCCCCC)C(C)CC. The van der Waals surface area contributed by atoms with Crippen LogP contribution in [0.25, 0.3) is 0 Å². The van der Waals surface area contributed by atoms with E-state index in [0.29, 0.717) is 6.61 Å². The molecule has 0 aromatic rings. The molecule has 0 aliphatic carbocycles. The van der Waals surface area contributed by atoms with Gasteiger partial charge in [0, 0.05) is 0 Å². The van der Waals surface area contributed by atoms with Crippen LogP contribution in [0, 0.1) is 5.92 Å². The second kappa shape index (κ2) is 13.2. The fraction of sp³-hybridized carbons (Fsp3) is 0.765. The van der Waals surface area contributed by atoms with Gasteiger partial charge in [-0.2, -0.15) is 0 Å². The smallest absolute Gasteiger partial charge is 0.408 e. The summed E-state index contributed by atoms with van der Waals surface area (Å²) in [5.41, 5.74) is 0. The molecular formula is C17H31NO4. The van der Waals surface area contributed by atoms with E-state index in [1.54, 1.807) is 0 Å². The molecule has 128 valence electrons. The highest BCUT2D eigenvalue weighted by Crippen LogP contribution is 2.11. The van der Waals surface area contributed by atoms with Gasteiger partial charge in [0.25, 0.3) is 0 Å². The minimum Gasteiger partial charge on any atom is -0.464 e. The van der Waals surface area contributed by atoms with E-state index in [4.69, 9.17) is 9.47 Å². The number of hydrogen-bond donors (Lipinski definition) is 1. The van der Waals surface area contributed by atoms with Gasteiger partial charge in [0.05, 0.1) is 6.61 Å². The zero-order valence-corrected chi connectivity index (χ0v) is 14.2. The summed E-state index contributed by atoms with van der Waals surface area (Å²) >= 11 is 0. The third kappa shape index (κ3) is 9.42. The zero-order chi connectivity index (χ0) is 16.8. The number of alkyl carbamates (subject to hydrolysis) is 1. The molecule has 2 atom stereocenters. The molecule has 0 saturated heterocycles. The molecule has 5 nitrogen and oxygen atoms in total. The molecule has 1 amide bonds. The molecule has 0 radical (unpaired) electrons. The highest BCUT2D eigenvalue weighted by Gasteiger charge is 2.27. The average molecular weight is 313 g/mol. The van der Waals surface area contributed by atoms with Gasteiger partial charge in [0.1, 0.15) is 12.6 Å². The molecule has 22 heavy (non-hydrogen) atoms. The standard InChI is InChI=1S/C17H31NO4/c1-5-8-9-10-11-13-21-16(19)15(14(4)7-3)18-17(20)22-12-6-2/h6,14-15H,2,5,7-13H2,1,3-4H3,(H,18,20)/t14?,15-/m0/s1. The number of ether oxygens (including phenoxy) is 2. The van der Waals surface area contributed by atoms with Gasteiger partial charge in [0.2, 0.25) is 0 Å². The summed E-state index contributed by atoms with van der Waals surface area (Å²) < 4.78 is 10.1. The number of carbonyl (C=O) groups excluding carboxylic acids is 2. The van der Waals surface area contributed by atoms with Crippen LogP contribution in [0.3, 0.4) is 0 Å². The second-order valence-electron chi connectivity index (χ2n) is 5.48. The Labute approximate surface area is 134 Å². The van der Waals surface area contributed by atoms with Crippen LogP contribution in [0.4, 0.5) is 4.79 Å². The quantitative estimate of drug-likeness (QED) is 0.338. The lowest BCUT2D eigenvalue weighted by Crippen LogP contribution is -2.46. The van der Waals surface area contributed by atoms with E-state index in [1.165, 1.54) is 18.9 Å². The third-order valence-electron chi connectivity index (χ3n) is 3.56. The van der Waals surface area contributed by atoms with Gasteiger partial charge in [0.15, 0.2) is 0 Å². The van der Waals surface area contributed by atoms with E-state index in [2.05, 4.69) is 18.8 Å². The molecule has 0 aliphatic heterocycles. The van der Waals surface area contributed by atoms with Crippen molar-refractivity contribution in [3.05, 3.63) is 12.7 Å². The van der Waals surface area contributed by atoms with Gasteiger partial charge in [-0.3, -0.25) is 0 Å². The van der Waals surface area contributed by atoms with Crippen LogP contribution in [0.2, 0.25) is 0 Å². The molecule has 0 aliphatic rings. The third-order valence-corrected chi connectivity index (χ3v) is 3.56. The number of amides is 1. The van der Waals surface area contributed by atoms with Gasteiger partial charge < -0.3 is 14.8 Å².